The molecule has 0 saturated heterocycles. The van der Waals surface area contributed by atoms with Gasteiger partial charge in [-0.1, -0.05) is 35.9 Å². The molecular formula is C21H26N2O3S. The van der Waals surface area contributed by atoms with E-state index in [0.717, 1.165) is 24.8 Å². The summed E-state index contributed by atoms with van der Waals surface area (Å²) in [5, 5.41) is 0. The maximum atomic E-state index is 12.7. The molecule has 2 unspecified atom stereocenters. The third kappa shape index (κ3) is 4.76. The first kappa shape index (κ1) is 19.6. The average Bonchev–Trinajstić information content (AvgIpc) is 2.67. The molecule has 2 aromatic rings. The summed E-state index contributed by atoms with van der Waals surface area (Å²) in [7, 11) is -1.75. The second kappa shape index (κ2) is 8.23. The Bertz CT molecular complexity index is 879. The molecule has 0 radical (unpaired) electrons. The van der Waals surface area contributed by atoms with E-state index in [2.05, 4.69) is 4.72 Å². The normalized spacial score (nSPS) is 20.2. The highest BCUT2D eigenvalue weighted by Gasteiger charge is 2.30. The van der Waals surface area contributed by atoms with Crippen molar-refractivity contribution >= 4 is 15.9 Å². The van der Waals surface area contributed by atoms with Gasteiger partial charge >= 0.3 is 0 Å². The first-order chi connectivity index (χ1) is 12.9. The smallest absolute Gasteiger partial charge is 0.253 e. The molecule has 0 heterocycles. The van der Waals surface area contributed by atoms with E-state index >= 15 is 0 Å². The Balaban J connectivity index is 1.67. The van der Waals surface area contributed by atoms with Crippen LogP contribution in [0.1, 0.15) is 41.6 Å². The fraction of sp³-hybridized carbons (Fsp3) is 0.381. The Kier molecular flexibility index (Phi) is 5.97. The summed E-state index contributed by atoms with van der Waals surface area (Å²) >= 11 is 0. The van der Waals surface area contributed by atoms with Gasteiger partial charge in [0.25, 0.3) is 5.91 Å². The molecule has 3 rings (SSSR count). The summed E-state index contributed by atoms with van der Waals surface area (Å²) in [5.74, 6) is -0.0253. The summed E-state index contributed by atoms with van der Waals surface area (Å²) in [6, 6.07) is 15.9. The number of nitrogens with zero attached hydrogens (tertiary/aromatic N) is 1. The van der Waals surface area contributed by atoms with Gasteiger partial charge in [0.05, 0.1) is 4.90 Å². The summed E-state index contributed by atoms with van der Waals surface area (Å²) in [6.45, 7) is 1.93. The van der Waals surface area contributed by atoms with Crippen LogP contribution in [0, 0.1) is 6.92 Å². The number of hydrogen-bond donors (Lipinski definition) is 1. The lowest BCUT2D eigenvalue weighted by Crippen LogP contribution is -2.46. The molecule has 27 heavy (non-hydrogen) atoms. The van der Waals surface area contributed by atoms with Gasteiger partial charge in [-0.05, 0) is 56.9 Å². The maximum Gasteiger partial charge on any atom is 0.253 e. The molecule has 0 aromatic heterocycles. The molecule has 1 saturated carbocycles. The van der Waals surface area contributed by atoms with Crippen molar-refractivity contribution in [3.05, 3.63) is 65.7 Å². The first-order valence-corrected chi connectivity index (χ1v) is 10.8. The van der Waals surface area contributed by atoms with E-state index in [1.807, 2.05) is 25.1 Å². The number of nitrogens with one attached hydrogen (secondary N) is 1. The first-order valence-electron chi connectivity index (χ1n) is 9.28. The van der Waals surface area contributed by atoms with Gasteiger partial charge in [-0.3, -0.25) is 4.79 Å². The zero-order valence-corrected chi connectivity index (χ0v) is 16.6. The topological polar surface area (TPSA) is 66.5 Å². The molecule has 0 aliphatic heterocycles. The zero-order chi connectivity index (χ0) is 19.4. The molecule has 1 aliphatic carbocycles. The Labute approximate surface area is 161 Å². The van der Waals surface area contributed by atoms with E-state index in [4.69, 9.17) is 0 Å². The lowest BCUT2D eigenvalue weighted by atomic mass is 9.90. The van der Waals surface area contributed by atoms with Crippen molar-refractivity contribution in [1.82, 2.24) is 9.62 Å². The quantitative estimate of drug-likeness (QED) is 0.857. The van der Waals surface area contributed by atoms with Gasteiger partial charge in [0, 0.05) is 24.7 Å². The van der Waals surface area contributed by atoms with Crippen molar-refractivity contribution in [2.45, 2.75) is 49.6 Å². The van der Waals surface area contributed by atoms with Crippen LogP contribution in [0.4, 0.5) is 0 Å². The van der Waals surface area contributed by atoms with Crippen LogP contribution in [0.2, 0.25) is 0 Å². The van der Waals surface area contributed by atoms with Crippen molar-refractivity contribution in [2.75, 3.05) is 7.05 Å². The maximum absolute atomic E-state index is 12.7. The second-order valence-corrected chi connectivity index (χ2v) is 8.95. The number of carbonyl (C=O) groups excluding carboxylic acids is 1. The molecule has 0 bridgehead atoms. The van der Waals surface area contributed by atoms with Gasteiger partial charge in [-0.25, -0.2) is 13.1 Å². The van der Waals surface area contributed by atoms with E-state index in [-0.39, 0.29) is 22.9 Å². The molecular weight excluding hydrogens is 360 g/mol. The molecule has 144 valence electrons. The van der Waals surface area contributed by atoms with Gasteiger partial charge in [0.15, 0.2) is 0 Å². The Hall–Kier alpha value is -2.18. The molecule has 1 aliphatic rings. The fourth-order valence-electron chi connectivity index (χ4n) is 3.58. The van der Waals surface area contributed by atoms with Gasteiger partial charge in [-0.2, -0.15) is 0 Å². The zero-order valence-electron chi connectivity index (χ0n) is 15.8. The van der Waals surface area contributed by atoms with Crippen LogP contribution in [-0.4, -0.2) is 38.4 Å². The van der Waals surface area contributed by atoms with Gasteiger partial charge < -0.3 is 4.90 Å². The summed E-state index contributed by atoms with van der Waals surface area (Å²) in [5.41, 5.74) is 1.68. The lowest BCUT2D eigenvalue weighted by Gasteiger charge is -2.35. The highest BCUT2D eigenvalue weighted by molar-refractivity contribution is 7.89. The molecule has 2 aromatic carbocycles. The average molecular weight is 387 g/mol. The Morgan fingerprint density at radius 2 is 1.70 bits per heavy atom. The Morgan fingerprint density at radius 1 is 1.04 bits per heavy atom. The van der Waals surface area contributed by atoms with E-state index in [0.29, 0.717) is 12.0 Å². The number of benzene rings is 2. The lowest BCUT2D eigenvalue weighted by molar-refractivity contribution is 0.0685. The van der Waals surface area contributed by atoms with E-state index in [9.17, 15) is 13.2 Å². The number of sulfonamides is 1. The van der Waals surface area contributed by atoms with Crippen molar-refractivity contribution in [2.24, 2.45) is 0 Å². The molecule has 5 nitrogen and oxygen atoms in total. The van der Waals surface area contributed by atoms with Crippen LogP contribution >= 0.6 is 0 Å². The number of amides is 1. The van der Waals surface area contributed by atoms with Crippen molar-refractivity contribution in [3.63, 3.8) is 0 Å². The second-order valence-electron chi connectivity index (χ2n) is 7.23. The minimum atomic E-state index is -3.55. The van der Waals surface area contributed by atoms with Crippen LogP contribution in [-0.2, 0) is 10.0 Å². The van der Waals surface area contributed by atoms with E-state index in [1.165, 1.54) is 0 Å². The molecule has 6 heteroatoms. The minimum Gasteiger partial charge on any atom is -0.339 e. The van der Waals surface area contributed by atoms with Gasteiger partial charge in [-0.15, -0.1) is 0 Å². The van der Waals surface area contributed by atoms with Crippen LogP contribution < -0.4 is 4.72 Å². The number of carbonyl (C=O) groups is 1. The highest BCUT2D eigenvalue weighted by atomic mass is 32.2. The highest BCUT2D eigenvalue weighted by Crippen LogP contribution is 2.25. The third-order valence-electron chi connectivity index (χ3n) is 5.19. The van der Waals surface area contributed by atoms with Crippen molar-refractivity contribution in [1.29, 1.82) is 0 Å². The minimum absolute atomic E-state index is 0.0252. The predicted molar refractivity (Wildman–Crippen MR) is 106 cm³/mol. The molecule has 1 N–H and O–H groups in total. The van der Waals surface area contributed by atoms with Crippen LogP contribution in [0.25, 0.3) is 0 Å². The van der Waals surface area contributed by atoms with Crippen LogP contribution in [0.5, 0.6) is 0 Å². The van der Waals surface area contributed by atoms with Gasteiger partial charge in [0.2, 0.25) is 10.0 Å². The van der Waals surface area contributed by atoms with E-state index < -0.39 is 10.0 Å². The number of aryl methyl sites for hydroxylation is 1. The van der Waals surface area contributed by atoms with E-state index in [1.54, 1.807) is 48.3 Å². The summed E-state index contributed by atoms with van der Waals surface area (Å²) in [6.07, 6.45) is 3.19. The summed E-state index contributed by atoms with van der Waals surface area (Å²) < 4.78 is 28.1. The molecule has 1 fully saturated rings. The van der Waals surface area contributed by atoms with Crippen molar-refractivity contribution in [3.8, 4) is 0 Å². The Morgan fingerprint density at radius 3 is 2.37 bits per heavy atom. The largest absolute Gasteiger partial charge is 0.339 e. The van der Waals surface area contributed by atoms with Crippen LogP contribution in [0.3, 0.4) is 0 Å². The van der Waals surface area contributed by atoms with Crippen LogP contribution in [0.15, 0.2) is 59.5 Å². The monoisotopic (exact) mass is 386 g/mol. The molecule has 0 spiro atoms. The summed E-state index contributed by atoms with van der Waals surface area (Å²) in [4.78, 5) is 14.7. The molecule has 2 atom stereocenters. The van der Waals surface area contributed by atoms with Crippen molar-refractivity contribution < 1.29 is 13.2 Å². The SMILES string of the molecule is Cc1ccc(S(=O)(=O)NC2CCCC(N(C)C(=O)c3ccccc3)C2)cc1. The van der Waals surface area contributed by atoms with Gasteiger partial charge in [0.1, 0.15) is 0 Å². The number of rotatable bonds is 5. The predicted octanol–water partition coefficient (Wildman–Crippen LogP) is 3.36. The molecule has 1 amide bonds. The standard InChI is InChI=1S/C21H26N2O3S/c1-16-11-13-20(14-12-16)27(25,26)22-18-9-6-10-19(15-18)23(2)21(24)17-7-4-3-5-8-17/h3-5,7-8,11-14,18-19,22H,6,9-10,15H2,1-2H3. The third-order valence-corrected chi connectivity index (χ3v) is 6.72. The fourth-order valence-corrected chi connectivity index (χ4v) is 4.86. The number of hydrogen-bond acceptors (Lipinski definition) is 3.